The van der Waals surface area contributed by atoms with Crippen LogP contribution in [0.3, 0.4) is 0 Å². The summed E-state index contributed by atoms with van der Waals surface area (Å²) in [5.74, 6) is -2.69. The van der Waals surface area contributed by atoms with E-state index in [1.807, 2.05) is 12.1 Å². The van der Waals surface area contributed by atoms with Crippen LogP contribution in [0.1, 0.15) is 24.8 Å². The molecule has 0 aliphatic rings. The minimum atomic E-state index is -1.51. The van der Waals surface area contributed by atoms with E-state index in [1.165, 1.54) is 16.3 Å². The standard InChI is InChI=1S/C20H24O6/c1-25-17(19(21)22)18(20(23)24)26-12-6-2-3-7-14-10-11-15-8-4-5-9-16(15)13-14/h4-5,8-11,13,17-18H,2-3,6-7,12H2,1H3,(H,21,22)(H,23,24). The monoisotopic (exact) mass is 360 g/mol. The molecule has 0 aliphatic carbocycles. The molecule has 0 spiro atoms. The summed E-state index contributed by atoms with van der Waals surface area (Å²) in [6.07, 6.45) is 0.398. The highest BCUT2D eigenvalue weighted by atomic mass is 16.6. The molecule has 0 aliphatic heterocycles. The molecule has 2 aromatic rings. The van der Waals surface area contributed by atoms with Crippen LogP contribution in [0.2, 0.25) is 0 Å². The highest BCUT2D eigenvalue weighted by molar-refractivity contribution is 5.84. The van der Waals surface area contributed by atoms with Gasteiger partial charge >= 0.3 is 11.9 Å². The number of hydrogen-bond donors (Lipinski definition) is 2. The first kappa shape index (κ1) is 19.9. The second-order valence-electron chi connectivity index (χ2n) is 6.12. The van der Waals surface area contributed by atoms with Gasteiger partial charge in [0.15, 0.2) is 12.2 Å². The SMILES string of the molecule is COC(C(=O)O)C(OCCCCCc1ccc2ccccc2c1)C(=O)O. The van der Waals surface area contributed by atoms with Gasteiger partial charge in [-0.1, -0.05) is 48.9 Å². The number of hydrogen-bond acceptors (Lipinski definition) is 4. The van der Waals surface area contributed by atoms with E-state index in [-0.39, 0.29) is 6.61 Å². The molecule has 6 nitrogen and oxygen atoms in total. The zero-order chi connectivity index (χ0) is 18.9. The number of carbonyl (C=O) groups is 2. The molecule has 0 amide bonds. The molecule has 0 heterocycles. The molecule has 140 valence electrons. The van der Waals surface area contributed by atoms with Gasteiger partial charge in [-0.2, -0.15) is 0 Å². The van der Waals surface area contributed by atoms with Gasteiger partial charge in [-0.3, -0.25) is 0 Å². The van der Waals surface area contributed by atoms with E-state index in [9.17, 15) is 9.59 Å². The number of unbranched alkanes of at least 4 members (excludes halogenated alkanes) is 2. The number of aryl methyl sites for hydroxylation is 1. The van der Waals surface area contributed by atoms with Gasteiger partial charge in [0.05, 0.1) is 0 Å². The number of fused-ring (bicyclic) bond motifs is 1. The molecule has 0 radical (unpaired) electrons. The van der Waals surface area contributed by atoms with Gasteiger partial charge < -0.3 is 19.7 Å². The summed E-state index contributed by atoms with van der Waals surface area (Å²) < 4.78 is 9.92. The van der Waals surface area contributed by atoms with Crippen LogP contribution in [0, 0.1) is 0 Å². The predicted octanol–water partition coefficient (Wildman–Crippen LogP) is 3.12. The molecule has 2 aromatic carbocycles. The van der Waals surface area contributed by atoms with Crippen LogP contribution in [-0.4, -0.2) is 48.1 Å². The highest BCUT2D eigenvalue weighted by Gasteiger charge is 2.34. The van der Waals surface area contributed by atoms with Crippen molar-refractivity contribution in [2.24, 2.45) is 0 Å². The van der Waals surface area contributed by atoms with Gasteiger partial charge in [-0.25, -0.2) is 9.59 Å². The van der Waals surface area contributed by atoms with E-state index in [0.717, 1.165) is 26.4 Å². The molecule has 0 aromatic heterocycles. The van der Waals surface area contributed by atoms with Crippen LogP contribution in [0.25, 0.3) is 10.8 Å². The lowest BCUT2D eigenvalue weighted by Gasteiger charge is -2.19. The zero-order valence-electron chi connectivity index (χ0n) is 14.8. The number of methoxy groups -OCH3 is 1. The predicted molar refractivity (Wildman–Crippen MR) is 97.3 cm³/mol. The van der Waals surface area contributed by atoms with Crippen molar-refractivity contribution in [3.8, 4) is 0 Å². The van der Waals surface area contributed by atoms with Crippen LogP contribution < -0.4 is 0 Å². The zero-order valence-corrected chi connectivity index (χ0v) is 14.8. The Kier molecular flexibility index (Phi) is 7.56. The molecular weight excluding hydrogens is 336 g/mol. The van der Waals surface area contributed by atoms with E-state index in [4.69, 9.17) is 19.7 Å². The van der Waals surface area contributed by atoms with Gasteiger partial charge in [0.1, 0.15) is 0 Å². The van der Waals surface area contributed by atoms with Crippen molar-refractivity contribution in [1.82, 2.24) is 0 Å². The summed E-state index contributed by atoms with van der Waals surface area (Å²) in [5.41, 5.74) is 1.26. The van der Waals surface area contributed by atoms with E-state index in [0.29, 0.717) is 6.42 Å². The molecule has 0 saturated heterocycles. The number of rotatable bonds is 11. The molecule has 2 rings (SSSR count). The largest absolute Gasteiger partial charge is 0.479 e. The normalized spacial score (nSPS) is 13.4. The Balaban J connectivity index is 1.73. The molecule has 0 fully saturated rings. The smallest absolute Gasteiger partial charge is 0.336 e. The van der Waals surface area contributed by atoms with Gasteiger partial charge in [-0.15, -0.1) is 0 Å². The van der Waals surface area contributed by atoms with E-state index in [2.05, 4.69) is 30.3 Å². The third-order valence-corrected chi connectivity index (χ3v) is 4.24. The minimum absolute atomic E-state index is 0.182. The second kappa shape index (κ2) is 9.89. The van der Waals surface area contributed by atoms with Gasteiger partial charge in [0, 0.05) is 13.7 Å². The van der Waals surface area contributed by atoms with Gasteiger partial charge in [0.2, 0.25) is 0 Å². The molecule has 0 bridgehead atoms. The van der Waals surface area contributed by atoms with Gasteiger partial charge in [0.25, 0.3) is 0 Å². The second-order valence-corrected chi connectivity index (χ2v) is 6.12. The first-order valence-electron chi connectivity index (χ1n) is 8.60. The maximum Gasteiger partial charge on any atom is 0.336 e. The number of ether oxygens (including phenoxy) is 2. The minimum Gasteiger partial charge on any atom is -0.479 e. The van der Waals surface area contributed by atoms with Crippen LogP contribution in [0.4, 0.5) is 0 Å². The summed E-state index contributed by atoms with van der Waals surface area (Å²) in [7, 11) is 1.15. The number of benzene rings is 2. The average molecular weight is 360 g/mol. The molecule has 2 unspecified atom stereocenters. The molecular formula is C20H24O6. The molecule has 26 heavy (non-hydrogen) atoms. The van der Waals surface area contributed by atoms with Crippen molar-refractivity contribution in [3.05, 3.63) is 48.0 Å². The van der Waals surface area contributed by atoms with Crippen molar-refractivity contribution in [2.75, 3.05) is 13.7 Å². The van der Waals surface area contributed by atoms with Crippen LogP contribution in [0.5, 0.6) is 0 Å². The molecule has 0 saturated carbocycles. The Hall–Kier alpha value is -2.44. The first-order valence-corrected chi connectivity index (χ1v) is 8.60. The third kappa shape index (κ3) is 5.54. The Bertz CT molecular complexity index is 742. The van der Waals surface area contributed by atoms with Crippen molar-refractivity contribution in [2.45, 2.75) is 37.9 Å². The number of carboxylic acid groups (broad SMARTS) is 2. The number of aliphatic carboxylic acids is 2. The fourth-order valence-electron chi connectivity index (χ4n) is 2.85. The van der Waals surface area contributed by atoms with Crippen molar-refractivity contribution in [1.29, 1.82) is 0 Å². The first-order chi connectivity index (χ1) is 12.5. The average Bonchev–Trinajstić information content (AvgIpc) is 2.62. The summed E-state index contributed by atoms with van der Waals surface area (Å²) >= 11 is 0. The van der Waals surface area contributed by atoms with Crippen LogP contribution >= 0.6 is 0 Å². The lowest BCUT2D eigenvalue weighted by atomic mass is 10.0. The lowest BCUT2D eigenvalue weighted by molar-refractivity contribution is -0.173. The maximum atomic E-state index is 11.1. The fourth-order valence-corrected chi connectivity index (χ4v) is 2.85. The van der Waals surface area contributed by atoms with E-state index < -0.39 is 24.1 Å². The van der Waals surface area contributed by atoms with E-state index >= 15 is 0 Å². The maximum absolute atomic E-state index is 11.1. The summed E-state index contributed by atoms with van der Waals surface area (Å²) in [6, 6.07) is 14.6. The summed E-state index contributed by atoms with van der Waals surface area (Å²) in [6.45, 7) is 0.182. The Morgan fingerprint density at radius 2 is 1.62 bits per heavy atom. The Morgan fingerprint density at radius 3 is 2.27 bits per heavy atom. The highest BCUT2D eigenvalue weighted by Crippen LogP contribution is 2.17. The van der Waals surface area contributed by atoms with Crippen molar-refractivity contribution >= 4 is 22.7 Å². The van der Waals surface area contributed by atoms with Crippen molar-refractivity contribution in [3.63, 3.8) is 0 Å². The Morgan fingerprint density at radius 1 is 0.923 bits per heavy atom. The van der Waals surface area contributed by atoms with Crippen LogP contribution in [-0.2, 0) is 25.5 Å². The van der Waals surface area contributed by atoms with Gasteiger partial charge in [-0.05, 0) is 35.6 Å². The number of carboxylic acids is 2. The quantitative estimate of drug-likeness (QED) is 0.598. The van der Waals surface area contributed by atoms with Crippen molar-refractivity contribution < 1.29 is 29.3 Å². The topological polar surface area (TPSA) is 93.1 Å². The Labute approximate surface area is 152 Å². The molecule has 6 heteroatoms. The van der Waals surface area contributed by atoms with Crippen LogP contribution in [0.15, 0.2) is 42.5 Å². The van der Waals surface area contributed by atoms with E-state index in [1.54, 1.807) is 0 Å². The molecule has 2 N–H and O–H groups in total. The summed E-state index contributed by atoms with van der Waals surface area (Å²) in [4.78, 5) is 22.1. The summed E-state index contributed by atoms with van der Waals surface area (Å²) in [5, 5.41) is 20.5. The third-order valence-electron chi connectivity index (χ3n) is 4.24. The molecule has 2 atom stereocenters. The fraction of sp³-hybridized carbons (Fsp3) is 0.400. The lowest BCUT2D eigenvalue weighted by Crippen LogP contribution is -2.43.